The first kappa shape index (κ1) is 18.5. The fourth-order valence-corrected chi connectivity index (χ4v) is 4.89. The minimum Gasteiger partial charge on any atom is -0.478 e. The Kier molecular flexibility index (Phi) is 5.38. The fraction of sp³-hybridized carbons (Fsp3) is 0.316. The molecule has 3 rings (SSSR count). The highest BCUT2D eigenvalue weighted by Crippen LogP contribution is 2.29. The number of hydrogen-bond donors (Lipinski definition) is 1. The lowest BCUT2D eigenvalue weighted by Gasteiger charge is -2.32. The summed E-state index contributed by atoms with van der Waals surface area (Å²) in [6.07, 6.45) is 1.52. The van der Waals surface area contributed by atoms with E-state index in [9.17, 15) is 17.6 Å². The van der Waals surface area contributed by atoms with Crippen molar-refractivity contribution < 1.29 is 22.7 Å². The molecule has 0 bridgehead atoms. The maximum absolute atomic E-state index is 13.0. The highest BCUT2D eigenvalue weighted by atomic mass is 32.2. The van der Waals surface area contributed by atoms with Crippen molar-refractivity contribution in [3.63, 3.8) is 0 Å². The normalized spacial score (nSPS) is 18.6. The number of carbonyl (C=O) groups is 1. The van der Waals surface area contributed by atoms with Crippen molar-refractivity contribution in [1.82, 2.24) is 4.31 Å². The predicted molar refractivity (Wildman–Crippen MR) is 96.0 cm³/mol. The molecule has 1 atom stereocenters. The van der Waals surface area contributed by atoms with E-state index < -0.39 is 21.8 Å². The van der Waals surface area contributed by atoms with E-state index in [0.29, 0.717) is 25.1 Å². The number of sulfonamides is 1. The molecule has 0 amide bonds. The predicted octanol–water partition coefficient (Wildman–Crippen LogP) is 3.23. The zero-order valence-electron chi connectivity index (χ0n) is 14.1. The van der Waals surface area contributed by atoms with Gasteiger partial charge in [0, 0.05) is 13.1 Å². The lowest BCUT2D eigenvalue weighted by atomic mass is 9.91. The van der Waals surface area contributed by atoms with Gasteiger partial charge in [0.2, 0.25) is 10.0 Å². The standard InChI is InChI=1S/C19H20FNO4S/c20-18-8-6-14(7-9-18)13-26(24,25)21-10-2-5-17(12-21)15-3-1-4-16(11-15)19(22)23/h1,3-4,6-9,11,17H,2,5,10,12-13H2,(H,22,23)/t17-/m1/s1. The minimum absolute atomic E-state index is 0.0361. The van der Waals surface area contributed by atoms with E-state index in [0.717, 1.165) is 12.0 Å². The van der Waals surface area contributed by atoms with E-state index in [1.54, 1.807) is 12.1 Å². The first-order valence-corrected chi connectivity index (χ1v) is 10.0. The van der Waals surface area contributed by atoms with Gasteiger partial charge in [-0.1, -0.05) is 24.3 Å². The Hall–Kier alpha value is -2.25. The Bertz CT molecular complexity index is 896. The van der Waals surface area contributed by atoms with Crippen LogP contribution in [0.3, 0.4) is 0 Å². The number of piperidine rings is 1. The molecule has 0 unspecified atom stereocenters. The van der Waals surface area contributed by atoms with Crippen LogP contribution in [-0.2, 0) is 15.8 Å². The van der Waals surface area contributed by atoms with Gasteiger partial charge in [-0.2, -0.15) is 0 Å². The summed E-state index contributed by atoms with van der Waals surface area (Å²) in [5, 5.41) is 9.14. The number of carboxylic acids is 1. The molecule has 0 aliphatic carbocycles. The van der Waals surface area contributed by atoms with Crippen LogP contribution in [0.2, 0.25) is 0 Å². The van der Waals surface area contributed by atoms with E-state index in [2.05, 4.69) is 0 Å². The van der Waals surface area contributed by atoms with Gasteiger partial charge in [0.1, 0.15) is 5.82 Å². The second-order valence-corrected chi connectivity index (χ2v) is 8.48. The maximum atomic E-state index is 13.0. The van der Waals surface area contributed by atoms with Gasteiger partial charge in [-0.15, -0.1) is 0 Å². The molecule has 1 N–H and O–H groups in total. The number of aromatic carboxylic acids is 1. The maximum Gasteiger partial charge on any atom is 0.335 e. The van der Waals surface area contributed by atoms with Crippen molar-refractivity contribution in [1.29, 1.82) is 0 Å². The van der Waals surface area contributed by atoms with Gasteiger partial charge in [-0.05, 0) is 54.2 Å². The van der Waals surface area contributed by atoms with E-state index in [4.69, 9.17) is 5.11 Å². The monoisotopic (exact) mass is 377 g/mol. The van der Waals surface area contributed by atoms with Crippen LogP contribution in [0.1, 0.15) is 40.2 Å². The average Bonchev–Trinajstić information content (AvgIpc) is 2.64. The number of rotatable bonds is 5. The van der Waals surface area contributed by atoms with Gasteiger partial charge in [-0.3, -0.25) is 0 Å². The molecule has 1 fully saturated rings. The zero-order valence-corrected chi connectivity index (χ0v) is 15.0. The van der Waals surface area contributed by atoms with Crippen molar-refractivity contribution in [3.8, 4) is 0 Å². The molecule has 7 heteroatoms. The number of nitrogens with zero attached hydrogens (tertiary/aromatic N) is 1. The third-order valence-corrected chi connectivity index (χ3v) is 6.46. The molecule has 1 heterocycles. The van der Waals surface area contributed by atoms with Crippen LogP contribution in [0.5, 0.6) is 0 Å². The van der Waals surface area contributed by atoms with E-state index in [1.807, 2.05) is 6.07 Å². The second kappa shape index (κ2) is 7.55. The van der Waals surface area contributed by atoms with Gasteiger partial charge in [-0.25, -0.2) is 21.9 Å². The van der Waals surface area contributed by atoms with E-state index >= 15 is 0 Å². The lowest BCUT2D eigenvalue weighted by Crippen LogP contribution is -2.39. The first-order chi connectivity index (χ1) is 12.3. The topological polar surface area (TPSA) is 74.7 Å². The Morgan fingerprint density at radius 3 is 2.62 bits per heavy atom. The SMILES string of the molecule is O=C(O)c1cccc([C@@H]2CCCN(S(=O)(=O)Cc3ccc(F)cc3)C2)c1. The molecule has 0 saturated carbocycles. The summed E-state index contributed by atoms with van der Waals surface area (Å²) in [5.74, 6) is -1.60. The third kappa shape index (κ3) is 4.28. The molecule has 1 aliphatic rings. The summed E-state index contributed by atoms with van der Waals surface area (Å²) in [6, 6.07) is 12.1. The third-order valence-electron chi connectivity index (χ3n) is 4.64. The molecule has 0 radical (unpaired) electrons. The molecule has 2 aromatic carbocycles. The Morgan fingerprint density at radius 2 is 1.92 bits per heavy atom. The van der Waals surface area contributed by atoms with Crippen LogP contribution in [0, 0.1) is 5.82 Å². The molecule has 26 heavy (non-hydrogen) atoms. The molecule has 138 valence electrons. The van der Waals surface area contributed by atoms with Crippen molar-refractivity contribution in [2.24, 2.45) is 0 Å². The quantitative estimate of drug-likeness (QED) is 0.868. The number of benzene rings is 2. The van der Waals surface area contributed by atoms with Gasteiger partial charge in [0.05, 0.1) is 11.3 Å². The van der Waals surface area contributed by atoms with Crippen molar-refractivity contribution in [2.75, 3.05) is 13.1 Å². The van der Waals surface area contributed by atoms with Crippen molar-refractivity contribution >= 4 is 16.0 Å². The average molecular weight is 377 g/mol. The molecular weight excluding hydrogens is 357 g/mol. The number of carboxylic acid groups (broad SMARTS) is 1. The van der Waals surface area contributed by atoms with E-state index in [-0.39, 0.29) is 17.2 Å². The van der Waals surface area contributed by atoms with Gasteiger partial charge < -0.3 is 5.11 Å². The summed E-state index contributed by atoms with van der Waals surface area (Å²) in [6.45, 7) is 0.769. The summed E-state index contributed by atoms with van der Waals surface area (Å²) in [7, 11) is -3.52. The van der Waals surface area contributed by atoms with Gasteiger partial charge in [0.25, 0.3) is 0 Å². The molecule has 1 saturated heterocycles. The molecule has 0 spiro atoms. The molecule has 5 nitrogen and oxygen atoms in total. The van der Waals surface area contributed by atoms with Crippen LogP contribution in [0.25, 0.3) is 0 Å². The summed E-state index contributed by atoms with van der Waals surface area (Å²) in [5.41, 5.74) is 1.58. The Labute approximate surface area is 152 Å². The van der Waals surface area contributed by atoms with Crippen LogP contribution in [-0.4, -0.2) is 36.9 Å². The summed E-state index contributed by atoms with van der Waals surface area (Å²) < 4.78 is 39.9. The van der Waals surface area contributed by atoms with Gasteiger partial charge in [0.15, 0.2) is 0 Å². The van der Waals surface area contributed by atoms with Crippen LogP contribution in [0.15, 0.2) is 48.5 Å². The second-order valence-electron chi connectivity index (χ2n) is 6.51. The number of hydrogen-bond acceptors (Lipinski definition) is 3. The minimum atomic E-state index is -3.52. The fourth-order valence-electron chi connectivity index (χ4n) is 3.28. The van der Waals surface area contributed by atoms with Crippen molar-refractivity contribution in [2.45, 2.75) is 24.5 Å². The molecule has 1 aliphatic heterocycles. The lowest BCUT2D eigenvalue weighted by molar-refractivity contribution is 0.0696. The van der Waals surface area contributed by atoms with Crippen LogP contribution in [0.4, 0.5) is 4.39 Å². The summed E-state index contributed by atoms with van der Waals surface area (Å²) >= 11 is 0. The Balaban J connectivity index is 1.76. The molecule has 2 aromatic rings. The number of halogens is 1. The van der Waals surface area contributed by atoms with Crippen LogP contribution < -0.4 is 0 Å². The highest BCUT2D eigenvalue weighted by molar-refractivity contribution is 7.88. The van der Waals surface area contributed by atoms with Crippen LogP contribution >= 0.6 is 0 Å². The van der Waals surface area contributed by atoms with E-state index in [1.165, 1.54) is 34.6 Å². The van der Waals surface area contributed by atoms with Crippen molar-refractivity contribution in [3.05, 3.63) is 71.0 Å². The largest absolute Gasteiger partial charge is 0.478 e. The first-order valence-electron chi connectivity index (χ1n) is 8.41. The highest BCUT2D eigenvalue weighted by Gasteiger charge is 2.30. The Morgan fingerprint density at radius 1 is 1.19 bits per heavy atom. The summed E-state index contributed by atoms with van der Waals surface area (Å²) in [4.78, 5) is 11.2. The zero-order chi connectivity index (χ0) is 18.7. The molecule has 0 aromatic heterocycles. The smallest absolute Gasteiger partial charge is 0.335 e. The van der Waals surface area contributed by atoms with Gasteiger partial charge >= 0.3 is 5.97 Å². The molecular formula is C19H20FNO4S.